The third-order valence-corrected chi connectivity index (χ3v) is 2.54. The Labute approximate surface area is 76.8 Å². The molecule has 0 aliphatic carbocycles. The molecule has 0 atom stereocenters. The number of hydrogen-bond donors (Lipinski definition) is 0. The molecule has 2 aliphatic heterocycles. The minimum Gasteiger partial charge on any atom is -0.302 e. The van der Waals surface area contributed by atoms with E-state index in [9.17, 15) is 9.59 Å². The number of nitrogens with zero attached hydrogens (tertiary/aromatic N) is 2. The maximum absolute atomic E-state index is 11.5. The van der Waals surface area contributed by atoms with Gasteiger partial charge >= 0.3 is 0 Å². The molecule has 2 amide bonds. The molecular weight excluding hydrogens is 168 g/mol. The average molecular weight is 180 g/mol. The van der Waals surface area contributed by atoms with E-state index in [0.717, 1.165) is 13.1 Å². The van der Waals surface area contributed by atoms with Gasteiger partial charge in [-0.3, -0.25) is 14.5 Å². The Morgan fingerprint density at radius 3 is 2.38 bits per heavy atom. The highest BCUT2D eigenvalue weighted by atomic mass is 16.2. The molecule has 2 aliphatic rings. The topological polar surface area (TPSA) is 40.6 Å². The summed E-state index contributed by atoms with van der Waals surface area (Å²) in [5.74, 6) is -0.274. The second-order valence-electron chi connectivity index (χ2n) is 3.72. The summed E-state index contributed by atoms with van der Waals surface area (Å²) in [6.45, 7) is 3.29. The molecule has 0 saturated carbocycles. The number of rotatable bonds is 1. The van der Waals surface area contributed by atoms with Crippen LogP contribution < -0.4 is 0 Å². The number of likely N-dealkylation sites (tertiary alicyclic amines) is 1. The van der Waals surface area contributed by atoms with Crippen molar-refractivity contribution in [1.29, 1.82) is 0 Å². The summed E-state index contributed by atoms with van der Waals surface area (Å²) in [6.07, 6.45) is 1.42. The third kappa shape index (κ3) is 1.18. The maximum atomic E-state index is 11.5. The molecule has 2 heterocycles. The van der Waals surface area contributed by atoms with Crippen LogP contribution in [0.3, 0.4) is 0 Å². The van der Waals surface area contributed by atoms with Gasteiger partial charge in [0.25, 0.3) is 11.8 Å². The van der Waals surface area contributed by atoms with Crippen molar-refractivity contribution in [3.05, 3.63) is 11.6 Å². The smallest absolute Gasteiger partial charge is 0.256 e. The third-order valence-electron chi connectivity index (χ3n) is 2.54. The zero-order valence-corrected chi connectivity index (χ0v) is 7.78. The Morgan fingerprint density at radius 1 is 1.38 bits per heavy atom. The van der Waals surface area contributed by atoms with Crippen molar-refractivity contribution in [3.8, 4) is 0 Å². The molecule has 2 rings (SSSR count). The Bertz CT molecular complexity index is 303. The van der Waals surface area contributed by atoms with Gasteiger partial charge in [-0.2, -0.15) is 0 Å². The normalized spacial score (nSPS) is 25.1. The second kappa shape index (κ2) is 2.67. The van der Waals surface area contributed by atoms with E-state index in [1.807, 2.05) is 7.05 Å². The van der Waals surface area contributed by atoms with Gasteiger partial charge in [-0.15, -0.1) is 0 Å². The van der Waals surface area contributed by atoms with Crippen LogP contribution >= 0.6 is 0 Å². The highest BCUT2D eigenvalue weighted by molar-refractivity contribution is 6.16. The van der Waals surface area contributed by atoms with Gasteiger partial charge < -0.3 is 4.90 Å². The lowest BCUT2D eigenvalue weighted by atomic mass is 10.1. The van der Waals surface area contributed by atoms with Gasteiger partial charge in [0.2, 0.25) is 0 Å². The second-order valence-corrected chi connectivity index (χ2v) is 3.72. The van der Waals surface area contributed by atoms with Crippen LogP contribution in [0.2, 0.25) is 0 Å². The molecular formula is C9H12N2O2. The molecule has 4 heteroatoms. The summed E-state index contributed by atoms with van der Waals surface area (Å²) >= 11 is 0. The Morgan fingerprint density at radius 2 is 2.00 bits per heavy atom. The number of carbonyl (C=O) groups is 2. The minimum absolute atomic E-state index is 0.0960. The van der Waals surface area contributed by atoms with Crippen molar-refractivity contribution < 1.29 is 9.59 Å². The van der Waals surface area contributed by atoms with Gasteiger partial charge in [-0.1, -0.05) is 0 Å². The van der Waals surface area contributed by atoms with E-state index in [4.69, 9.17) is 0 Å². The van der Waals surface area contributed by atoms with E-state index >= 15 is 0 Å². The number of carbonyl (C=O) groups excluding carboxylic acids is 2. The van der Waals surface area contributed by atoms with Crippen LogP contribution in [0, 0.1) is 0 Å². The molecule has 70 valence electrons. The lowest BCUT2D eigenvalue weighted by Crippen LogP contribution is -2.59. The molecule has 0 bridgehead atoms. The monoisotopic (exact) mass is 180 g/mol. The van der Waals surface area contributed by atoms with Gasteiger partial charge in [0, 0.05) is 24.7 Å². The van der Waals surface area contributed by atoms with Crippen molar-refractivity contribution in [1.82, 2.24) is 9.80 Å². The molecule has 1 saturated heterocycles. The van der Waals surface area contributed by atoms with Gasteiger partial charge in [-0.25, -0.2) is 0 Å². The Balaban J connectivity index is 2.10. The van der Waals surface area contributed by atoms with Crippen molar-refractivity contribution in [2.75, 3.05) is 20.1 Å². The van der Waals surface area contributed by atoms with Crippen molar-refractivity contribution in [2.24, 2.45) is 0 Å². The summed E-state index contributed by atoms with van der Waals surface area (Å²) in [6, 6.07) is 0.0960. The highest BCUT2D eigenvalue weighted by Crippen LogP contribution is 2.20. The SMILES string of the molecule is CC1=CC(=O)N(C2CN(C)C2)C1=O. The van der Waals surface area contributed by atoms with E-state index in [-0.39, 0.29) is 17.9 Å². The molecule has 0 aromatic carbocycles. The summed E-state index contributed by atoms with van der Waals surface area (Å²) in [5.41, 5.74) is 0.555. The first-order chi connectivity index (χ1) is 6.09. The summed E-state index contributed by atoms with van der Waals surface area (Å²) in [7, 11) is 1.97. The van der Waals surface area contributed by atoms with E-state index < -0.39 is 0 Å². The van der Waals surface area contributed by atoms with Crippen LogP contribution in [-0.2, 0) is 9.59 Å². The fourth-order valence-corrected chi connectivity index (χ4v) is 1.78. The molecule has 13 heavy (non-hydrogen) atoms. The van der Waals surface area contributed by atoms with Crippen LogP contribution in [0.15, 0.2) is 11.6 Å². The Kier molecular flexibility index (Phi) is 1.73. The lowest BCUT2D eigenvalue weighted by Gasteiger charge is -2.40. The van der Waals surface area contributed by atoms with Crippen LogP contribution in [0.4, 0.5) is 0 Å². The highest BCUT2D eigenvalue weighted by Gasteiger charge is 2.39. The zero-order valence-electron chi connectivity index (χ0n) is 7.78. The van der Waals surface area contributed by atoms with Gasteiger partial charge in [-0.05, 0) is 14.0 Å². The largest absolute Gasteiger partial charge is 0.302 e. The molecule has 4 nitrogen and oxygen atoms in total. The van der Waals surface area contributed by atoms with Crippen LogP contribution in [0.25, 0.3) is 0 Å². The molecule has 0 aromatic rings. The van der Waals surface area contributed by atoms with Crippen molar-refractivity contribution >= 4 is 11.8 Å². The number of imide groups is 1. The Hall–Kier alpha value is -1.16. The van der Waals surface area contributed by atoms with E-state index in [1.54, 1.807) is 6.92 Å². The standard InChI is InChI=1S/C9H12N2O2/c1-6-3-8(12)11(9(6)13)7-4-10(2)5-7/h3,7H,4-5H2,1-2H3. The van der Waals surface area contributed by atoms with Gasteiger partial charge in [0.15, 0.2) is 0 Å². The molecule has 1 fully saturated rings. The van der Waals surface area contributed by atoms with E-state index in [1.165, 1.54) is 11.0 Å². The first kappa shape index (κ1) is 8.44. The number of likely N-dealkylation sites (N-methyl/N-ethyl adjacent to an activating group) is 1. The van der Waals surface area contributed by atoms with Crippen LogP contribution in [0.1, 0.15) is 6.92 Å². The summed E-state index contributed by atoms with van der Waals surface area (Å²) in [5, 5.41) is 0. The van der Waals surface area contributed by atoms with Crippen molar-refractivity contribution in [2.45, 2.75) is 13.0 Å². The van der Waals surface area contributed by atoms with Gasteiger partial charge in [0.1, 0.15) is 0 Å². The predicted octanol–water partition coefficient (Wildman–Crippen LogP) is -0.385. The van der Waals surface area contributed by atoms with Gasteiger partial charge in [0.05, 0.1) is 6.04 Å². The minimum atomic E-state index is -0.152. The first-order valence-corrected chi connectivity index (χ1v) is 4.34. The summed E-state index contributed by atoms with van der Waals surface area (Å²) < 4.78 is 0. The predicted molar refractivity (Wildman–Crippen MR) is 46.9 cm³/mol. The van der Waals surface area contributed by atoms with E-state index in [0.29, 0.717) is 5.57 Å². The van der Waals surface area contributed by atoms with Crippen molar-refractivity contribution in [3.63, 3.8) is 0 Å². The zero-order chi connectivity index (χ0) is 9.59. The maximum Gasteiger partial charge on any atom is 0.256 e. The molecule has 0 aromatic heterocycles. The lowest BCUT2D eigenvalue weighted by molar-refractivity contribution is -0.143. The van der Waals surface area contributed by atoms with Crippen LogP contribution in [-0.4, -0.2) is 47.8 Å². The average Bonchev–Trinajstić information content (AvgIpc) is 2.22. The molecule has 0 unspecified atom stereocenters. The van der Waals surface area contributed by atoms with Crippen LogP contribution in [0.5, 0.6) is 0 Å². The van der Waals surface area contributed by atoms with E-state index in [2.05, 4.69) is 4.90 Å². The fourth-order valence-electron chi connectivity index (χ4n) is 1.78. The number of hydrogen-bond acceptors (Lipinski definition) is 3. The first-order valence-electron chi connectivity index (χ1n) is 4.34. The fraction of sp³-hybridized carbons (Fsp3) is 0.556. The molecule has 0 radical (unpaired) electrons. The molecule has 0 spiro atoms. The summed E-state index contributed by atoms with van der Waals surface area (Å²) in [4.78, 5) is 26.3. The number of amides is 2. The molecule has 0 N–H and O–H groups in total. The quantitative estimate of drug-likeness (QED) is 0.516.